The fraction of sp³-hybridized carbons (Fsp3) is 0.778. The van der Waals surface area contributed by atoms with Crippen molar-refractivity contribution in [1.29, 1.82) is 0 Å². The van der Waals surface area contributed by atoms with Crippen LogP contribution in [0.1, 0.15) is 26.2 Å². The van der Waals surface area contributed by atoms with Crippen LogP contribution in [0.15, 0.2) is 10.1 Å². The minimum Gasteiger partial charge on any atom is -0.0843 e. The van der Waals surface area contributed by atoms with Gasteiger partial charge in [0, 0.05) is 4.32 Å². The number of allylic oxidation sites excluding steroid dienone is 1. The molecule has 0 radical (unpaired) electrons. The van der Waals surface area contributed by atoms with E-state index in [4.69, 9.17) is 23.2 Å². The van der Waals surface area contributed by atoms with Crippen molar-refractivity contribution in [2.75, 3.05) is 0 Å². The molecule has 3 fully saturated rings. The van der Waals surface area contributed by atoms with Crippen molar-refractivity contribution < 1.29 is 0 Å². The molecule has 3 heteroatoms. The van der Waals surface area contributed by atoms with Crippen molar-refractivity contribution in [1.82, 2.24) is 0 Å². The molecule has 0 amide bonds. The number of fused-ring (bicyclic) bond motifs is 2. The van der Waals surface area contributed by atoms with Gasteiger partial charge in [0.05, 0.1) is 0 Å². The summed E-state index contributed by atoms with van der Waals surface area (Å²) in [5, 5.41) is 0. The van der Waals surface area contributed by atoms with Crippen molar-refractivity contribution in [2.45, 2.75) is 30.5 Å². The number of halogens is 3. The molecule has 3 saturated carbocycles. The minimum atomic E-state index is 0.273. The van der Waals surface area contributed by atoms with E-state index in [-0.39, 0.29) is 4.32 Å². The van der Waals surface area contributed by atoms with Gasteiger partial charge >= 0.3 is 0 Å². The minimum absolute atomic E-state index is 0.273. The Morgan fingerprint density at radius 1 is 1.42 bits per heavy atom. The maximum absolute atomic E-state index is 5.83. The highest BCUT2D eigenvalue weighted by Gasteiger charge is 2.56. The maximum Gasteiger partial charge on any atom is 0.106 e. The first-order valence-electron chi connectivity index (χ1n) is 4.29. The number of rotatable bonds is 0. The lowest BCUT2D eigenvalue weighted by Crippen LogP contribution is -2.53. The molecule has 1 unspecified atom stereocenters. The third-order valence-corrected chi connectivity index (χ3v) is 4.86. The van der Waals surface area contributed by atoms with Gasteiger partial charge in [0.25, 0.3) is 0 Å². The summed E-state index contributed by atoms with van der Waals surface area (Å²) in [7, 11) is 0. The fourth-order valence-corrected chi connectivity index (χ4v) is 4.14. The van der Waals surface area contributed by atoms with Gasteiger partial charge in [0.15, 0.2) is 0 Å². The van der Waals surface area contributed by atoms with Crippen LogP contribution < -0.4 is 0 Å². The Bertz CT molecular complexity index is 225. The summed E-state index contributed by atoms with van der Waals surface area (Å²) in [5.41, 5.74) is 1.30. The van der Waals surface area contributed by atoms with Crippen LogP contribution in [0.4, 0.5) is 0 Å². The predicted molar refractivity (Wildman–Crippen MR) is 56.9 cm³/mol. The van der Waals surface area contributed by atoms with Gasteiger partial charge in [-0.3, -0.25) is 0 Å². The Morgan fingerprint density at radius 2 is 1.92 bits per heavy atom. The molecule has 3 aliphatic carbocycles. The van der Waals surface area contributed by atoms with E-state index in [0.29, 0.717) is 16.3 Å². The summed E-state index contributed by atoms with van der Waals surface area (Å²) in [5.74, 6) is 1.17. The van der Waals surface area contributed by atoms with E-state index in [2.05, 4.69) is 22.9 Å². The molecule has 0 aliphatic heterocycles. The average molecular weight is 270 g/mol. The molecule has 0 N–H and O–H groups in total. The highest BCUT2D eigenvalue weighted by atomic mass is 79.9. The Kier molecular flexibility index (Phi) is 2.26. The van der Waals surface area contributed by atoms with Crippen molar-refractivity contribution in [2.24, 2.45) is 11.8 Å². The molecular weight excluding hydrogens is 259 g/mol. The summed E-state index contributed by atoms with van der Waals surface area (Å²) in [4.78, 5) is 0. The Balaban J connectivity index is 2.32. The van der Waals surface area contributed by atoms with Crippen LogP contribution in [0, 0.1) is 11.8 Å². The monoisotopic (exact) mass is 268 g/mol. The first kappa shape index (κ1) is 9.36. The molecule has 0 saturated heterocycles. The molecule has 0 heterocycles. The number of alkyl halides is 1. The third-order valence-electron chi connectivity index (χ3n) is 3.32. The SMILES string of the molecule is CC1(Br)[C@@H]2CCC[C@H]1C2=C(Cl)Cl. The Morgan fingerprint density at radius 3 is 2.17 bits per heavy atom. The zero-order valence-electron chi connectivity index (χ0n) is 6.91. The van der Waals surface area contributed by atoms with Crippen LogP contribution in [0.25, 0.3) is 0 Å². The standard InChI is InChI=1S/C9H11BrCl2/c1-9(10)5-3-2-4-6(9)7(5)8(11)12/h5-6H,2-4H2,1H3/t5-,6+,9?. The highest BCUT2D eigenvalue weighted by Crippen LogP contribution is 2.63. The summed E-state index contributed by atoms with van der Waals surface area (Å²) >= 11 is 15.4. The molecule has 3 atom stereocenters. The second-order valence-electron chi connectivity index (χ2n) is 3.90. The lowest BCUT2D eigenvalue weighted by molar-refractivity contribution is 0.157. The topological polar surface area (TPSA) is 0 Å². The van der Waals surface area contributed by atoms with E-state index in [1.165, 1.54) is 24.8 Å². The molecule has 68 valence electrons. The summed E-state index contributed by atoms with van der Waals surface area (Å²) in [6.07, 6.45) is 3.79. The molecule has 0 aromatic rings. The molecule has 0 spiro atoms. The van der Waals surface area contributed by atoms with Crippen molar-refractivity contribution >= 4 is 39.1 Å². The lowest BCUT2D eigenvalue weighted by Gasteiger charge is -2.57. The smallest absolute Gasteiger partial charge is 0.0843 e. The van der Waals surface area contributed by atoms with E-state index in [1.807, 2.05) is 0 Å². The lowest BCUT2D eigenvalue weighted by atomic mass is 9.55. The average Bonchev–Trinajstić information content (AvgIpc) is 2.03. The first-order valence-corrected chi connectivity index (χ1v) is 5.84. The van der Waals surface area contributed by atoms with Gasteiger partial charge < -0.3 is 0 Å². The van der Waals surface area contributed by atoms with Crippen molar-refractivity contribution in [3.63, 3.8) is 0 Å². The van der Waals surface area contributed by atoms with Gasteiger partial charge in [-0.05, 0) is 37.2 Å². The van der Waals surface area contributed by atoms with Crippen molar-refractivity contribution in [3.8, 4) is 0 Å². The van der Waals surface area contributed by atoms with Crippen LogP contribution in [0.5, 0.6) is 0 Å². The predicted octanol–water partition coefficient (Wildman–Crippen LogP) is 4.26. The van der Waals surface area contributed by atoms with Gasteiger partial charge in [0.2, 0.25) is 0 Å². The van der Waals surface area contributed by atoms with Crippen molar-refractivity contribution in [3.05, 3.63) is 10.1 Å². The summed E-state index contributed by atoms with van der Waals surface area (Å²) < 4.78 is 0.789. The maximum atomic E-state index is 5.83. The van der Waals surface area contributed by atoms with Gasteiger partial charge in [-0.25, -0.2) is 0 Å². The highest BCUT2D eigenvalue weighted by molar-refractivity contribution is 9.10. The molecule has 2 bridgehead atoms. The number of hydrogen-bond donors (Lipinski definition) is 0. The molecule has 0 nitrogen and oxygen atoms in total. The summed E-state index contributed by atoms with van der Waals surface area (Å²) in [6, 6.07) is 0. The van der Waals surface area contributed by atoms with E-state index in [1.54, 1.807) is 0 Å². The zero-order valence-corrected chi connectivity index (χ0v) is 10.0. The van der Waals surface area contributed by atoms with Gasteiger partial charge in [0.1, 0.15) is 4.49 Å². The van der Waals surface area contributed by atoms with Gasteiger partial charge in [-0.15, -0.1) is 0 Å². The largest absolute Gasteiger partial charge is 0.106 e. The quantitative estimate of drug-likeness (QED) is 0.577. The van der Waals surface area contributed by atoms with Crippen LogP contribution in [0.3, 0.4) is 0 Å². The molecule has 0 aromatic carbocycles. The Labute approximate surface area is 91.4 Å². The molecule has 12 heavy (non-hydrogen) atoms. The van der Waals surface area contributed by atoms with E-state index in [0.717, 1.165) is 0 Å². The fourth-order valence-electron chi connectivity index (χ4n) is 2.66. The molecular formula is C9H11BrCl2. The van der Waals surface area contributed by atoms with Crippen LogP contribution >= 0.6 is 39.1 Å². The van der Waals surface area contributed by atoms with Crippen LogP contribution in [-0.4, -0.2) is 4.32 Å². The van der Waals surface area contributed by atoms with E-state index < -0.39 is 0 Å². The second kappa shape index (κ2) is 2.90. The zero-order chi connectivity index (χ0) is 8.93. The van der Waals surface area contributed by atoms with Crippen LogP contribution in [-0.2, 0) is 0 Å². The Hall–Kier alpha value is 0.800. The van der Waals surface area contributed by atoms with Gasteiger partial charge in [-0.2, -0.15) is 0 Å². The summed E-state index contributed by atoms with van der Waals surface area (Å²) in [6.45, 7) is 2.25. The normalized spacial score (nSPS) is 45.5. The third kappa shape index (κ3) is 1.09. The molecule has 3 rings (SSSR count). The van der Waals surface area contributed by atoms with Gasteiger partial charge in [-0.1, -0.05) is 45.6 Å². The van der Waals surface area contributed by atoms with Crippen LogP contribution in [0.2, 0.25) is 0 Å². The second-order valence-corrected chi connectivity index (χ2v) is 6.56. The van der Waals surface area contributed by atoms with E-state index in [9.17, 15) is 0 Å². The number of hydrogen-bond acceptors (Lipinski definition) is 0. The molecule has 0 aromatic heterocycles. The molecule has 3 aliphatic rings. The van der Waals surface area contributed by atoms with E-state index >= 15 is 0 Å². The first-order chi connectivity index (χ1) is 5.55.